The van der Waals surface area contributed by atoms with E-state index in [1.165, 1.54) is 16.2 Å². The molecule has 2 N–H and O–H groups in total. The van der Waals surface area contributed by atoms with E-state index in [0.717, 1.165) is 4.88 Å². The van der Waals surface area contributed by atoms with Crippen LogP contribution in [-0.2, 0) is 14.3 Å². The molecule has 1 aromatic carbocycles. The number of aliphatic hydroxyl groups is 2. The number of Topliss-reactive ketones (excluding diaryl/α,β-unsaturated/α-hetero) is 1. The van der Waals surface area contributed by atoms with Crippen LogP contribution in [0.5, 0.6) is 5.75 Å². The second kappa shape index (κ2) is 9.69. The molecule has 1 saturated heterocycles. The Balaban J connectivity index is 1.97. The molecule has 0 saturated carbocycles. The number of ketones is 1. The molecule has 154 valence electrons. The van der Waals surface area contributed by atoms with Gasteiger partial charge >= 0.3 is 0 Å². The number of rotatable bonds is 9. The quantitative estimate of drug-likeness (QED) is 0.282. The van der Waals surface area contributed by atoms with Gasteiger partial charge in [-0.25, -0.2) is 0 Å². The zero-order valence-electron chi connectivity index (χ0n) is 16.0. The molecule has 8 heteroatoms. The van der Waals surface area contributed by atoms with Gasteiger partial charge < -0.3 is 24.6 Å². The van der Waals surface area contributed by atoms with Crippen molar-refractivity contribution in [3.05, 3.63) is 57.8 Å². The number of benzene rings is 1. The molecule has 0 aliphatic carbocycles. The van der Waals surface area contributed by atoms with E-state index >= 15 is 0 Å². The molecule has 1 aromatic heterocycles. The predicted octanol–water partition coefficient (Wildman–Crippen LogP) is 2.58. The highest BCUT2D eigenvalue weighted by molar-refractivity contribution is 7.10. The molecule has 2 heterocycles. The topological polar surface area (TPSA) is 96.3 Å². The van der Waals surface area contributed by atoms with Crippen molar-refractivity contribution < 1.29 is 29.3 Å². The lowest BCUT2D eigenvalue weighted by atomic mass is 10.00. The van der Waals surface area contributed by atoms with E-state index in [1.807, 2.05) is 24.4 Å². The Morgan fingerprint density at radius 3 is 2.55 bits per heavy atom. The lowest BCUT2D eigenvalue weighted by Gasteiger charge is -2.24. The van der Waals surface area contributed by atoms with Gasteiger partial charge in [0.15, 0.2) is 0 Å². The van der Waals surface area contributed by atoms with Crippen LogP contribution in [-0.4, -0.2) is 59.8 Å². The molecule has 1 atom stereocenters. The van der Waals surface area contributed by atoms with Gasteiger partial charge in [-0.1, -0.05) is 6.07 Å². The van der Waals surface area contributed by atoms with Crippen molar-refractivity contribution in [3.63, 3.8) is 0 Å². The molecule has 1 aliphatic rings. The molecular weight excluding hydrogens is 394 g/mol. The Morgan fingerprint density at radius 2 is 1.93 bits per heavy atom. The number of hydrogen-bond donors (Lipinski definition) is 2. The number of thiophene rings is 1. The Kier molecular flexibility index (Phi) is 7.03. The highest BCUT2D eigenvalue weighted by Crippen LogP contribution is 2.40. The fourth-order valence-corrected chi connectivity index (χ4v) is 4.06. The average molecular weight is 417 g/mol. The number of ether oxygens (including phenoxy) is 2. The van der Waals surface area contributed by atoms with Crippen LogP contribution in [0.25, 0.3) is 5.76 Å². The van der Waals surface area contributed by atoms with Crippen LogP contribution in [0.1, 0.15) is 23.4 Å². The van der Waals surface area contributed by atoms with Crippen molar-refractivity contribution in [2.75, 3.05) is 33.0 Å². The monoisotopic (exact) mass is 417 g/mol. The normalized spacial score (nSPS) is 18.4. The molecule has 1 aliphatic heterocycles. The van der Waals surface area contributed by atoms with Crippen LogP contribution < -0.4 is 4.74 Å². The minimum Gasteiger partial charge on any atom is -0.507 e. The van der Waals surface area contributed by atoms with E-state index in [-0.39, 0.29) is 37.7 Å². The van der Waals surface area contributed by atoms with Crippen LogP contribution in [0.15, 0.2) is 47.4 Å². The van der Waals surface area contributed by atoms with Crippen molar-refractivity contribution in [3.8, 4) is 5.75 Å². The standard InChI is InChI=1S/C21H23NO6S/c1-2-28-15-7-5-14(6-8-15)19(24)17-18(16-4-3-13-29-16)22(21(26)20(17)25)9-11-27-12-10-23/h3-8,13,18,23-24H,2,9-12H2,1H3/t18-/m0/s1. The first-order chi connectivity index (χ1) is 14.1. The summed E-state index contributed by atoms with van der Waals surface area (Å²) in [6.45, 7) is 2.78. The summed E-state index contributed by atoms with van der Waals surface area (Å²) in [7, 11) is 0. The van der Waals surface area contributed by atoms with E-state index in [2.05, 4.69) is 0 Å². The SMILES string of the molecule is CCOc1ccc(C(O)=C2C(=O)C(=O)N(CCOCCO)[C@H]2c2cccs2)cc1. The molecule has 0 spiro atoms. The summed E-state index contributed by atoms with van der Waals surface area (Å²) in [5.74, 6) is -0.968. The van der Waals surface area contributed by atoms with Gasteiger partial charge in [-0.3, -0.25) is 9.59 Å². The zero-order valence-corrected chi connectivity index (χ0v) is 16.9. The lowest BCUT2D eigenvalue weighted by molar-refractivity contribution is -0.140. The van der Waals surface area contributed by atoms with Crippen molar-refractivity contribution in [2.24, 2.45) is 0 Å². The number of carbonyl (C=O) groups is 2. The second-order valence-corrected chi connectivity index (χ2v) is 7.28. The Hall–Kier alpha value is -2.68. The molecule has 0 bridgehead atoms. The van der Waals surface area contributed by atoms with Crippen LogP contribution in [0.4, 0.5) is 0 Å². The fraction of sp³-hybridized carbons (Fsp3) is 0.333. The maximum Gasteiger partial charge on any atom is 0.295 e. The Bertz CT molecular complexity index is 875. The first kappa shape index (κ1) is 21.0. The van der Waals surface area contributed by atoms with Gasteiger partial charge in [0.1, 0.15) is 11.5 Å². The summed E-state index contributed by atoms with van der Waals surface area (Å²) in [5, 5.41) is 21.6. The second-order valence-electron chi connectivity index (χ2n) is 6.30. The Labute approximate surface area is 172 Å². The number of amides is 1. The number of likely N-dealkylation sites (tertiary alicyclic amines) is 1. The highest BCUT2D eigenvalue weighted by Gasteiger charge is 2.46. The van der Waals surface area contributed by atoms with E-state index in [9.17, 15) is 14.7 Å². The maximum absolute atomic E-state index is 12.8. The summed E-state index contributed by atoms with van der Waals surface area (Å²) in [5.41, 5.74) is 0.494. The average Bonchev–Trinajstić information content (AvgIpc) is 3.34. The van der Waals surface area contributed by atoms with Crippen LogP contribution >= 0.6 is 11.3 Å². The largest absolute Gasteiger partial charge is 0.507 e. The van der Waals surface area contributed by atoms with Crippen LogP contribution in [0, 0.1) is 0 Å². The molecular formula is C21H23NO6S. The summed E-state index contributed by atoms with van der Waals surface area (Å²) in [6.07, 6.45) is 0. The smallest absolute Gasteiger partial charge is 0.295 e. The number of nitrogens with zero attached hydrogens (tertiary/aromatic N) is 1. The van der Waals surface area contributed by atoms with Gasteiger partial charge in [0, 0.05) is 17.0 Å². The fourth-order valence-electron chi connectivity index (χ4n) is 3.21. The van der Waals surface area contributed by atoms with Crippen LogP contribution in [0.3, 0.4) is 0 Å². The van der Waals surface area contributed by atoms with Crippen molar-refractivity contribution in [1.82, 2.24) is 4.90 Å². The third kappa shape index (κ3) is 4.50. The van der Waals surface area contributed by atoms with Gasteiger partial charge in [0.2, 0.25) is 0 Å². The van der Waals surface area contributed by atoms with Gasteiger partial charge in [0.25, 0.3) is 11.7 Å². The number of hydrogen-bond acceptors (Lipinski definition) is 7. The third-order valence-corrected chi connectivity index (χ3v) is 5.43. The van der Waals surface area contributed by atoms with E-state index in [4.69, 9.17) is 14.6 Å². The minimum atomic E-state index is -0.725. The molecule has 0 unspecified atom stereocenters. The summed E-state index contributed by atoms with van der Waals surface area (Å²) in [6, 6.07) is 9.70. The molecule has 7 nitrogen and oxygen atoms in total. The van der Waals surface area contributed by atoms with Gasteiger partial charge in [0.05, 0.1) is 38.0 Å². The van der Waals surface area contributed by atoms with E-state index in [1.54, 1.807) is 24.3 Å². The Morgan fingerprint density at radius 1 is 1.17 bits per heavy atom. The third-order valence-electron chi connectivity index (χ3n) is 4.50. The molecule has 0 radical (unpaired) electrons. The molecule has 3 rings (SSSR count). The van der Waals surface area contributed by atoms with Crippen LogP contribution in [0.2, 0.25) is 0 Å². The van der Waals surface area contributed by atoms with Crippen molar-refractivity contribution in [2.45, 2.75) is 13.0 Å². The maximum atomic E-state index is 12.8. The van der Waals surface area contributed by atoms with Crippen molar-refractivity contribution >= 4 is 28.8 Å². The molecule has 1 amide bonds. The van der Waals surface area contributed by atoms with E-state index < -0.39 is 17.7 Å². The summed E-state index contributed by atoms with van der Waals surface area (Å²) in [4.78, 5) is 27.6. The minimum absolute atomic E-state index is 0.0590. The molecule has 2 aromatic rings. The van der Waals surface area contributed by atoms with Gasteiger partial charge in [-0.05, 0) is 42.6 Å². The van der Waals surface area contributed by atoms with E-state index in [0.29, 0.717) is 17.9 Å². The molecule has 1 fully saturated rings. The number of aliphatic hydroxyl groups excluding tert-OH is 2. The first-order valence-corrected chi connectivity index (χ1v) is 10.2. The summed E-state index contributed by atoms with van der Waals surface area (Å²) < 4.78 is 10.7. The summed E-state index contributed by atoms with van der Waals surface area (Å²) >= 11 is 1.40. The highest BCUT2D eigenvalue weighted by atomic mass is 32.1. The van der Waals surface area contributed by atoms with Crippen molar-refractivity contribution in [1.29, 1.82) is 0 Å². The van der Waals surface area contributed by atoms with Gasteiger partial charge in [-0.2, -0.15) is 0 Å². The zero-order chi connectivity index (χ0) is 20.8. The number of carbonyl (C=O) groups excluding carboxylic acids is 2. The van der Waals surface area contributed by atoms with Gasteiger partial charge in [-0.15, -0.1) is 11.3 Å². The molecule has 29 heavy (non-hydrogen) atoms. The first-order valence-electron chi connectivity index (χ1n) is 9.32. The lowest BCUT2D eigenvalue weighted by Crippen LogP contribution is -2.32. The predicted molar refractivity (Wildman–Crippen MR) is 109 cm³/mol.